The van der Waals surface area contributed by atoms with Crippen LogP contribution in [-0.2, 0) is 26.2 Å². The van der Waals surface area contributed by atoms with Crippen LogP contribution in [0.2, 0.25) is 10.0 Å². The molecule has 1 aliphatic rings. The zero-order chi connectivity index (χ0) is 26.4. The summed E-state index contributed by atoms with van der Waals surface area (Å²) in [5.41, 5.74) is 1.87. The van der Waals surface area contributed by atoms with Crippen LogP contribution in [0.1, 0.15) is 28.1 Å². The van der Waals surface area contributed by atoms with Crippen molar-refractivity contribution < 1.29 is 26.3 Å². The van der Waals surface area contributed by atoms with Crippen molar-refractivity contribution in [3.05, 3.63) is 62.4 Å². The van der Waals surface area contributed by atoms with Crippen molar-refractivity contribution in [3.63, 3.8) is 0 Å². The molecule has 12 heteroatoms. The van der Waals surface area contributed by atoms with Crippen molar-refractivity contribution in [1.82, 2.24) is 19.4 Å². The van der Waals surface area contributed by atoms with Crippen LogP contribution < -0.4 is 0 Å². The minimum Gasteiger partial charge on any atom is -0.331 e. The van der Waals surface area contributed by atoms with E-state index in [-0.39, 0.29) is 6.42 Å². The van der Waals surface area contributed by atoms with Crippen LogP contribution in [0.15, 0.2) is 24.3 Å². The monoisotopic (exact) mass is 552 g/mol. The Hall–Kier alpha value is -2.01. The normalized spacial score (nSPS) is 16.3. The maximum Gasteiger partial charge on any atom is 0.416 e. The van der Waals surface area contributed by atoms with Crippen LogP contribution in [0.4, 0.5) is 26.3 Å². The lowest BCUT2D eigenvalue weighted by atomic mass is 10.1. The molecule has 36 heavy (non-hydrogen) atoms. The van der Waals surface area contributed by atoms with Gasteiger partial charge in [0, 0.05) is 51.2 Å². The zero-order valence-electron chi connectivity index (χ0n) is 19.6. The van der Waals surface area contributed by atoms with E-state index in [9.17, 15) is 26.3 Å². The molecule has 2 heterocycles. The number of hydrogen-bond donors (Lipinski definition) is 0. The summed E-state index contributed by atoms with van der Waals surface area (Å²) >= 11 is 13.2. The Morgan fingerprint density at radius 2 is 1.58 bits per heavy atom. The van der Waals surface area contributed by atoms with Crippen molar-refractivity contribution in [2.45, 2.75) is 32.2 Å². The average Bonchev–Trinajstić information content (AvgIpc) is 3.09. The quantitative estimate of drug-likeness (QED) is 0.339. The van der Waals surface area contributed by atoms with Crippen molar-refractivity contribution in [3.8, 4) is 0 Å². The molecule has 1 aliphatic heterocycles. The number of nitrogens with zero attached hydrogens (tertiary/aromatic N) is 4. The van der Waals surface area contributed by atoms with E-state index in [1.165, 1.54) is 4.90 Å². The number of piperazine rings is 1. The lowest BCUT2D eigenvalue weighted by molar-refractivity contribution is -0.149. The third-order valence-corrected chi connectivity index (χ3v) is 7.28. The SMILES string of the molecule is Cc1cc(C(F)(F)F)cc2c1nc(Cc1c(Cl)ccc(CN3CCN(CC(F)(F)F)CC3)c1Cl)n2C. The highest BCUT2D eigenvalue weighted by atomic mass is 35.5. The van der Waals surface area contributed by atoms with Gasteiger partial charge in [-0.25, -0.2) is 4.98 Å². The summed E-state index contributed by atoms with van der Waals surface area (Å²) in [6.07, 6.45) is -8.49. The van der Waals surface area contributed by atoms with Gasteiger partial charge in [-0.1, -0.05) is 29.3 Å². The van der Waals surface area contributed by atoms with Crippen LogP contribution in [0, 0.1) is 6.92 Å². The highest BCUT2D eigenvalue weighted by Crippen LogP contribution is 2.35. The number of aromatic nitrogens is 2. The Morgan fingerprint density at radius 3 is 2.19 bits per heavy atom. The summed E-state index contributed by atoms with van der Waals surface area (Å²) in [4.78, 5) is 7.97. The summed E-state index contributed by atoms with van der Waals surface area (Å²) in [5, 5.41) is 0.818. The Bertz CT molecular complexity index is 1260. The summed E-state index contributed by atoms with van der Waals surface area (Å²) in [7, 11) is 1.65. The van der Waals surface area contributed by atoms with Gasteiger partial charge >= 0.3 is 12.4 Å². The van der Waals surface area contributed by atoms with E-state index in [1.807, 2.05) is 4.90 Å². The molecule has 2 aromatic carbocycles. The van der Waals surface area contributed by atoms with Gasteiger partial charge in [-0.05, 0) is 41.8 Å². The van der Waals surface area contributed by atoms with E-state index in [1.54, 1.807) is 30.7 Å². The van der Waals surface area contributed by atoms with Gasteiger partial charge in [0.25, 0.3) is 0 Å². The summed E-state index contributed by atoms with van der Waals surface area (Å²) < 4.78 is 79.4. The van der Waals surface area contributed by atoms with E-state index in [0.29, 0.717) is 70.8 Å². The first-order valence-corrected chi connectivity index (χ1v) is 12.0. The molecule has 0 saturated carbocycles. The molecule has 1 saturated heterocycles. The highest BCUT2D eigenvalue weighted by molar-refractivity contribution is 6.36. The van der Waals surface area contributed by atoms with Gasteiger partial charge < -0.3 is 4.57 Å². The fourth-order valence-corrected chi connectivity index (χ4v) is 5.08. The molecule has 196 valence electrons. The third-order valence-electron chi connectivity index (χ3n) is 6.46. The number of hydrogen-bond acceptors (Lipinski definition) is 3. The second-order valence-corrected chi connectivity index (χ2v) is 9.87. The first-order chi connectivity index (χ1) is 16.7. The topological polar surface area (TPSA) is 24.3 Å². The number of benzene rings is 2. The number of rotatable bonds is 5. The molecule has 0 aliphatic carbocycles. The molecule has 0 radical (unpaired) electrons. The van der Waals surface area contributed by atoms with Crippen molar-refractivity contribution in [1.29, 1.82) is 0 Å². The Labute approximate surface area is 214 Å². The molecule has 0 bridgehead atoms. The van der Waals surface area contributed by atoms with Gasteiger partial charge in [-0.3, -0.25) is 9.80 Å². The maximum absolute atomic E-state index is 13.3. The van der Waals surface area contributed by atoms with E-state index in [0.717, 1.165) is 17.7 Å². The first-order valence-electron chi connectivity index (χ1n) is 11.2. The second-order valence-electron chi connectivity index (χ2n) is 9.09. The fourth-order valence-electron chi connectivity index (χ4n) is 4.52. The van der Waals surface area contributed by atoms with Gasteiger partial charge in [0.1, 0.15) is 5.82 Å². The van der Waals surface area contributed by atoms with E-state index in [4.69, 9.17) is 23.2 Å². The molecule has 0 unspecified atom stereocenters. The lowest BCUT2D eigenvalue weighted by Crippen LogP contribution is -2.48. The van der Waals surface area contributed by atoms with Crippen LogP contribution in [0.25, 0.3) is 11.0 Å². The molecule has 4 rings (SSSR count). The van der Waals surface area contributed by atoms with E-state index >= 15 is 0 Å². The standard InChI is InChI=1S/C24H24Cl2F6N4/c1-14-9-16(24(30,31)32)10-19-22(14)33-20(34(19)2)11-17-18(25)4-3-15(21(17)26)12-35-5-7-36(8-6-35)13-23(27,28)29/h3-4,9-10H,5-8,11-13H2,1-2H3. The largest absolute Gasteiger partial charge is 0.416 e. The molecular formula is C24H24Cl2F6N4. The minimum absolute atomic E-state index is 0.205. The molecule has 0 spiro atoms. The lowest BCUT2D eigenvalue weighted by Gasteiger charge is -2.35. The highest BCUT2D eigenvalue weighted by Gasteiger charge is 2.33. The Balaban J connectivity index is 1.55. The molecule has 4 nitrogen and oxygen atoms in total. The Kier molecular flexibility index (Phi) is 7.54. The number of halogens is 8. The molecule has 3 aromatic rings. The second kappa shape index (κ2) is 10.0. The molecule has 1 fully saturated rings. The van der Waals surface area contributed by atoms with E-state index in [2.05, 4.69) is 4.98 Å². The van der Waals surface area contributed by atoms with Gasteiger partial charge in [0.05, 0.1) is 28.2 Å². The van der Waals surface area contributed by atoms with Crippen LogP contribution in [-0.4, -0.2) is 58.3 Å². The summed E-state index contributed by atoms with van der Waals surface area (Å²) in [6, 6.07) is 5.64. The van der Waals surface area contributed by atoms with Crippen molar-refractivity contribution >= 4 is 34.2 Å². The van der Waals surface area contributed by atoms with Crippen LogP contribution in [0.3, 0.4) is 0 Å². The molecule has 0 N–H and O–H groups in total. The first kappa shape index (κ1) is 27.0. The fraction of sp³-hybridized carbons (Fsp3) is 0.458. The number of aryl methyl sites for hydroxylation is 2. The number of alkyl halides is 6. The van der Waals surface area contributed by atoms with Crippen molar-refractivity contribution in [2.24, 2.45) is 7.05 Å². The molecular weight excluding hydrogens is 529 g/mol. The van der Waals surface area contributed by atoms with E-state index < -0.39 is 24.5 Å². The molecule has 1 aromatic heterocycles. The number of imidazole rings is 1. The third kappa shape index (κ3) is 5.93. The zero-order valence-corrected chi connectivity index (χ0v) is 21.1. The van der Waals surface area contributed by atoms with Gasteiger partial charge in [-0.2, -0.15) is 26.3 Å². The van der Waals surface area contributed by atoms with Gasteiger partial charge in [0.15, 0.2) is 0 Å². The molecule has 0 amide bonds. The predicted octanol–water partition coefficient (Wildman–Crippen LogP) is 6.48. The van der Waals surface area contributed by atoms with Crippen LogP contribution >= 0.6 is 23.2 Å². The number of fused-ring (bicyclic) bond motifs is 1. The van der Waals surface area contributed by atoms with Gasteiger partial charge in [0.2, 0.25) is 0 Å². The van der Waals surface area contributed by atoms with Gasteiger partial charge in [-0.15, -0.1) is 0 Å². The summed E-state index contributed by atoms with van der Waals surface area (Å²) in [6.45, 7) is 2.65. The maximum atomic E-state index is 13.3. The average molecular weight is 553 g/mol. The smallest absolute Gasteiger partial charge is 0.331 e. The Morgan fingerprint density at radius 1 is 0.944 bits per heavy atom. The molecule has 0 atom stereocenters. The minimum atomic E-state index is -4.47. The van der Waals surface area contributed by atoms with Crippen molar-refractivity contribution in [2.75, 3.05) is 32.7 Å². The predicted molar refractivity (Wildman–Crippen MR) is 127 cm³/mol. The van der Waals surface area contributed by atoms with Crippen LogP contribution in [0.5, 0.6) is 0 Å². The summed E-state index contributed by atoms with van der Waals surface area (Å²) in [5.74, 6) is 0.508.